The van der Waals surface area contributed by atoms with Gasteiger partial charge in [-0.2, -0.15) is 0 Å². The summed E-state index contributed by atoms with van der Waals surface area (Å²) in [6.45, 7) is 1.06. The molecule has 0 aliphatic rings. The second-order valence-corrected chi connectivity index (χ2v) is 4.97. The Morgan fingerprint density at radius 1 is 1.59 bits per heavy atom. The number of H-pyrrole nitrogens is 1. The summed E-state index contributed by atoms with van der Waals surface area (Å²) in [5.74, 6) is -0.137. The van der Waals surface area contributed by atoms with E-state index in [-0.39, 0.29) is 16.3 Å². The van der Waals surface area contributed by atoms with E-state index in [4.69, 9.17) is 4.74 Å². The molecule has 1 aromatic rings. The highest BCUT2D eigenvalue weighted by Gasteiger charge is 2.15. The third-order valence-corrected chi connectivity index (χ3v) is 2.75. The number of hydrogen-bond donors (Lipinski definition) is 1. The summed E-state index contributed by atoms with van der Waals surface area (Å²) in [6, 6.07) is 2.85. The Balaban J connectivity index is 2.63. The van der Waals surface area contributed by atoms with Gasteiger partial charge in [-0.3, -0.25) is 9.59 Å². The highest BCUT2D eigenvalue weighted by molar-refractivity contribution is 9.09. The molecule has 0 aliphatic carbocycles. The number of nitrogens with one attached hydrogen (secondary N) is 1. The molecule has 0 aromatic carbocycles. The molecule has 1 heterocycles. The Morgan fingerprint density at radius 2 is 2.29 bits per heavy atom. The number of ether oxygens (including phenoxy) is 1. The van der Waals surface area contributed by atoms with Gasteiger partial charge >= 0.3 is 0 Å². The first-order chi connectivity index (χ1) is 8.04. The van der Waals surface area contributed by atoms with Crippen molar-refractivity contribution in [3.8, 4) is 0 Å². The minimum atomic E-state index is -0.220. The Kier molecular flexibility index (Phi) is 5.37. The molecule has 0 saturated heterocycles. The second kappa shape index (κ2) is 6.56. The SMILES string of the molecule is COCC(Br)CN(C)C(=O)c1ccc(=O)[nH]c1. The molecule has 1 rings (SSSR count). The van der Waals surface area contributed by atoms with Crippen molar-refractivity contribution in [2.75, 3.05) is 27.3 Å². The van der Waals surface area contributed by atoms with Crippen LogP contribution in [0.2, 0.25) is 0 Å². The number of aromatic nitrogens is 1. The summed E-state index contributed by atoms with van der Waals surface area (Å²) in [7, 11) is 3.31. The lowest BCUT2D eigenvalue weighted by molar-refractivity contribution is 0.0783. The number of pyridine rings is 1. The molecule has 1 N–H and O–H groups in total. The molecule has 0 radical (unpaired) electrons. The second-order valence-electron chi connectivity index (χ2n) is 3.68. The van der Waals surface area contributed by atoms with Gasteiger partial charge in [-0.25, -0.2) is 0 Å². The van der Waals surface area contributed by atoms with Crippen LogP contribution in [0.3, 0.4) is 0 Å². The van der Waals surface area contributed by atoms with Crippen LogP contribution in [0.25, 0.3) is 0 Å². The summed E-state index contributed by atoms with van der Waals surface area (Å²) in [6.07, 6.45) is 1.42. The molecule has 0 aliphatic heterocycles. The zero-order chi connectivity index (χ0) is 12.8. The fraction of sp³-hybridized carbons (Fsp3) is 0.455. The third-order valence-electron chi connectivity index (χ3n) is 2.20. The Hall–Kier alpha value is -1.14. The molecule has 1 atom stereocenters. The van der Waals surface area contributed by atoms with Crippen molar-refractivity contribution in [2.45, 2.75) is 4.83 Å². The largest absolute Gasteiger partial charge is 0.383 e. The minimum absolute atomic E-state index is 0.0872. The van der Waals surface area contributed by atoms with E-state index in [9.17, 15) is 9.59 Å². The maximum atomic E-state index is 11.9. The van der Waals surface area contributed by atoms with E-state index in [2.05, 4.69) is 20.9 Å². The van der Waals surface area contributed by atoms with Crippen molar-refractivity contribution in [1.82, 2.24) is 9.88 Å². The topological polar surface area (TPSA) is 62.4 Å². The van der Waals surface area contributed by atoms with Crippen LogP contribution in [-0.2, 0) is 4.74 Å². The van der Waals surface area contributed by atoms with Crippen LogP contribution in [-0.4, -0.2) is 47.9 Å². The fourth-order valence-corrected chi connectivity index (χ4v) is 2.08. The molecule has 0 fully saturated rings. The van der Waals surface area contributed by atoms with Crippen molar-refractivity contribution in [2.24, 2.45) is 0 Å². The highest BCUT2D eigenvalue weighted by Crippen LogP contribution is 2.06. The first-order valence-electron chi connectivity index (χ1n) is 5.11. The quantitative estimate of drug-likeness (QED) is 0.821. The van der Waals surface area contributed by atoms with Crippen molar-refractivity contribution in [1.29, 1.82) is 0 Å². The van der Waals surface area contributed by atoms with Gasteiger partial charge < -0.3 is 14.6 Å². The summed E-state index contributed by atoms with van der Waals surface area (Å²) in [5, 5.41) is 0. The van der Waals surface area contributed by atoms with Gasteiger partial charge in [-0.15, -0.1) is 0 Å². The number of amides is 1. The zero-order valence-electron chi connectivity index (χ0n) is 9.77. The number of aromatic amines is 1. The van der Waals surface area contributed by atoms with E-state index < -0.39 is 0 Å². The van der Waals surface area contributed by atoms with Crippen molar-refractivity contribution >= 4 is 21.8 Å². The number of carbonyl (C=O) groups excluding carboxylic acids is 1. The van der Waals surface area contributed by atoms with Crippen molar-refractivity contribution < 1.29 is 9.53 Å². The van der Waals surface area contributed by atoms with Crippen molar-refractivity contribution in [3.63, 3.8) is 0 Å². The molecule has 1 amide bonds. The van der Waals surface area contributed by atoms with E-state index in [1.165, 1.54) is 18.3 Å². The van der Waals surface area contributed by atoms with E-state index in [0.717, 1.165) is 0 Å². The summed E-state index contributed by atoms with van der Waals surface area (Å²) in [5.41, 5.74) is 0.242. The van der Waals surface area contributed by atoms with Crippen LogP contribution in [0, 0.1) is 0 Å². The molecule has 1 unspecified atom stereocenters. The molecule has 0 bridgehead atoms. The van der Waals surface area contributed by atoms with Crippen LogP contribution < -0.4 is 5.56 Å². The minimum Gasteiger partial charge on any atom is -0.383 e. The van der Waals surface area contributed by atoms with Gasteiger partial charge in [0.05, 0.1) is 17.0 Å². The molecule has 1 aromatic heterocycles. The van der Waals surface area contributed by atoms with Gasteiger partial charge in [0.15, 0.2) is 0 Å². The van der Waals surface area contributed by atoms with Gasteiger partial charge in [0, 0.05) is 33.0 Å². The monoisotopic (exact) mass is 302 g/mol. The average Bonchev–Trinajstić information content (AvgIpc) is 2.29. The predicted molar refractivity (Wildman–Crippen MR) is 68.6 cm³/mol. The lowest BCUT2D eigenvalue weighted by atomic mass is 10.2. The number of hydrogen-bond acceptors (Lipinski definition) is 3. The first kappa shape index (κ1) is 13.9. The number of rotatable bonds is 5. The molecule has 5 nitrogen and oxygen atoms in total. The lowest BCUT2D eigenvalue weighted by Crippen LogP contribution is -2.34. The maximum Gasteiger partial charge on any atom is 0.255 e. The fourth-order valence-electron chi connectivity index (χ4n) is 1.38. The Bertz CT molecular complexity index is 412. The van der Waals surface area contributed by atoms with Crippen LogP contribution in [0.5, 0.6) is 0 Å². The van der Waals surface area contributed by atoms with Crippen LogP contribution in [0.4, 0.5) is 0 Å². The first-order valence-corrected chi connectivity index (χ1v) is 6.03. The van der Waals surface area contributed by atoms with Crippen molar-refractivity contribution in [3.05, 3.63) is 34.2 Å². The van der Waals surface area contributed by atoms with Crippen LogP contribution in [0.1, 0.15) is 10.4 Å². The summed E-state index contributed by atoms with van der Waals surface area (Å²) in [4.78, 5) is 26.9. The Labute approximate surface area is 108 Å². The van der Waals surface area contributed by atoms with Crippen LogP contribution in [0.15, 0.2) is 23.1 Å². The highest BCUT2D eigenvalue weighted by atomic mass is 79.9. The molecule has 17 heavy (non-hydrogen) atoms. The smallest absolute Gasteiger partial charge is 0.255 e. The maximum absolute atomic E-state index is 11.9. The van der Waals surface area contributed by atoms with Gasteiger partial charge in [-0.1, -0.05) is 15.9 Å². The van der Waals surface area contributed by atoms with Gasteiger partial charge in [0.2, 0.25) is 5.56 Å². The lowest BCUT2D eigenvalue weighted by Gasteiger charge is -2.20. The van der Waals surface area contributed by atoms with Crippen LogP contribution >= 0.6 is 15.9 Å². The molecular formula is C11H15BrN2O3. The number of nitrogens with zero attached hydrogens (tertiary/aromatic N) is 1. The third kappa shape index (κ3) is 4.32. The number of halogens is 1. The zero-order valence-corrected chi connectivity index (χ0v) is 11.4. The molecule has 6 heteroatoms. The number of carbonyl (C=O) groups is 1. The molecule has 0 saturated carbocycles. The standard InChI is InChI=1S/C11H15BrN2O3/c1-14(6-9(12)7-17-2)11(16)8-3-4-10(15)13-5-8/h3-5,9H,6-7H2,1-2H3,(H,13,15). The number of alkyl halides is 1. The van der Waals surface area contributed by atoms with E-state index in [1.54, 1.807) is 19.1 Å². The van der Waals surface area contributed by atoms with Gasteiger partial charge in [-0.05, 0) is 6.07 Å². The van der Waals surface area contributed by atoms with Gasteiger partial charge in [0.1, 0.15) is 0 Å². The Morgan fingerprint density at radius 3 is 2.82 bits per heavy atom. The van der Waals surface area contributed by atoms with E-state index in [1.807, 2.05) is 0 Å². The van der Waals surface area contributed by atoms with E-state index in [0.29, 0.717) is 18.7 Å². The van der Waals surface area contributed by atoms with E-state index >= 15 is 0 Å². The predicted octanol–water partition coefficient (Wildman–Crippen LogP) is 0.857. The molecule has 0 spiro atoms. The van der Waals surface area contributed by atoms with Gasteiger partial charge in [0.25, 0.3) is 5.91 Å². The summed E-state index contributed by atoms with van der Waals surface area (Å²) < 4.78 is 4.97. The number of methoxy groups -OCH3 is 1. The average molecular weight is 303 g/mol. The molecule has 94 valence electrons. The molecular weight excluding hydrogens is 288 g/mol. The summed E-state index contributed by atoms with van der Waals surface area (Å²) >= 11 is 3.41. The normalized spacial score (nSPS) is 12.2.